The molecule has 0 bridgehead atoms. The molecule has 1 spiro atoms. The van der Waals surface area contributed by atoms with Gasteiger partial charge in [0, 0.05) is 25.8 Å². The molecule has 2 aromatic rings. The molecule has 0 N–H and O–H groups in total. The second kappa shape index (κ2) is 6.99. The van der Waals surface area contributed by atoms with E-state index >= 15 is 0 Å². The molecule has 0 aliphatic carbocycles. The largest absolute Gasteiger partial charge is 0.497 e. The van der Waals surface area contributed by atoms with Crippen LogP contribution in [0.4, 0.5) is 5.69 Å². The van der Waals surface area contributed by atoms with Crippen LogP contribution in [0, 0.1) is 0 Å². The van der Waals surface area contributed by atoms with E-state index < -0.39 is 5.41 Å². The Balaban J connectivity index is 1.70. The van der Waals surface area contributed by atoms with Crippen molar-refractivity contribution < 1.29 is 23.8 Å². The third kappa shape index (κ3) is 2.72. The second-order valence-electron chi connectivity index (χ2n) is 7.35. The maximum Gasteiger partial charge on any atom is 0.257 e. The zero-order chi connectivity index (χ0) is 20.8. The topological polar surface area (TPSA) is 68.3 Å². The predicted molar refractivity (Wildman–Crippen MR) is 108 cm³/mol. The Bertz CT molecular complexity index is 989. The molecule has 152 valence electrons. The number of ether oxygens (including phenoxy) is 3. The molecule has 0 aromatic heterocycles. The minimum Gasteiger partial charge on any atom is -0.497 e. The monoisotopic (exact) mass is 396 g/mol. The standard InChI is InChI=1S/C22H24N2O5/c1-23-17-9-8-14(27-2)12-16(17)22(21(23)26)10-11-24(13-22)20(25)15-6-5-7-18(28-3)19(15)29-4/h5-9,12H,10-11,13H2,1-4H3/t22-/m0/s1. The average Bonchev–Trinajstić information content (AvgIpc) is 3.29. The number of amides is 2. The summed E-state index contributed by atoms with van der Waals surface area (Å²) in [5.41, 5.74) is 1.45. The number of para-hydroxylation sites is 1. The molecular weight excluding hydrogens is 372 g/mol. The Morgan fingerprint density at radius 2 is 1.86 bits per heavy atom. The maximum atomic E-state index is 13.3. The van der Waals surface area contributed by atoms with Crippen molar-refractivity contribution in [3.63, 3.8) is 0 Å². The van der Waals surface area contributed by atoms with Crippen molar-refractivity contribution in [1.82, 2.24) is 4.90 Å². The number of benzene rings is 2. The van der Waals surface area contributed by atoms with Crippen LogP contribution >= 0.6 is 0 Å². The number of nitrogens with zero attached hydrogens (tertiary/aromatic N) is 2. The summed E-state index contributed by atoms with van der Waals surface area (Å²) in [6, 6.07) is 10.9. The quantitative estimate of drug-likeness (QED) is 0.794. The Labute approximate surface area is 169 Å². The summed E-state index contributed by atoms with van der Waals surface area (Å²) < 4.78 is 16.1. The summed E-state index contributed by atoms with van der Waals surface area (Å²) in [5.74, 6) is 1.43. The molecule has 1 fully saturated rings. The van der Waals surface area contributed by atoms with Gasteiger partial charge in [0.15, 0.2) is 11.5 Å². The lowest BCUT2D eigenvalue weighted by atomic mass is 9.81. The van der Waals surface area contributed by atoms with Gasteiger partial charge >= 0.3 is 0 Å². The highest BCUT2D eigenvalue weighted by Crippen LogP contribution is 2.48. The van der Waals surface area contributed by atoms with Gasteiger partial charge in [0.05, 0.1) is 32.3 Å². The van der Waals surface area contributed by atoms with E-state index in [1.807, 2.05) is 18.2 Å². The minimum atomic E-state index is -0.750. The van der Waals surface area contributed by atoms with Crippen LogP contribution in [0.2, 0.25) is 0 Å². The van der Waals surface area contributed by atoms with Gasteiger partial charge in [-0.1, -0.05) is 6.07 Å². The van der Waals surface area contributed by atoms with Gasteiger partial charge in [0.2, 0.25) is 5.91 Å². The minimum absolute atomic E-state index is 0.00802. The molecule has 0 radical (unpaired) electrons. The first-order chi connectivity index (χ1) is 14.0. The Morgan fingerprint density at radius 3 is 2.55 bits per heavy atom. The summed E-state index contributed by atoms with van der Waals surface area (Å²) >= 11 is 0. The molecule has 29 heavy (non-hydrogen) atoms. The maximum absolute atomic E-state index is 13.3. The van der Waals surface area contributed by atoms with Crippen molar-refractivity contribution in [2.45, 2.75) is 11.8 Å². The van der Waals surface area contributed by atoms with E-state index in [1.54, 1.807) is 42.2 Å². The molecule has 2 aliphatic heterocycles. The number of carbonyl (C=O) groups excluding carboxylic acids is 2. The summed E-state index contributed by atoms with van der Waals surface area (Å²) in [4.78, 5) is 29.9. The lowest BCUT2D eigenvalue weighted by Crippen LogP contribution is -2.42. The Morgan fingerprint density at radius 1 is 1.07 bits per heavy atom. The normalized spacial score (nSPS) is 20.2. The van der Waals surface area contributed by atoms with Crippen LogP contribution in [-0.4, -0.2) is 58.2 Å². The van der Waals surface area contributed by atoms with Gasteiger partial charge in [0.1, 0.15) is 5.75 Å². The third-order valence-electron chi connectivity index (χ3n) is 5.98. The van der Waals surface area contributed by atoms with Crippen LogP contribution < -0.4 is 19.1 Å². The summed E-state index contributed by atoms with van der Waals surface area (Å²) in [5, 5.41) is 0. The zero-order valence-corrected chi connectivity index (χ0v) is 17.0. The molecule has 1 atom stereocenters. The van der Waals surface area contributed by atoms with Crippen molar-refractivity contribution in [2.75, 3.05) is 46.4 Å². The molecule has 2 heterocycles. The van der Waals surface area contributed by atoms with E-state index in [-0.39, 0.29) is 11.8 Å². The molecule has 2 amide bonds. The number of anilines is 1. The fraction of sp³-hybridized carbons (Fsp3) is 0.364. The van der Waals surface area contributed by atoms with Gasteiger partial charge in [-0.15, -0.1) is 0 Å². The van der Waals surface area contributed by atoms with Crippen molar-refractivity contribution in [3.8, 4) is 17.2 Å². The van der Waals surface area contributed by atoms with E-state index in [2.05, 4.69) is 0 Å². The van der Waals surface area contributed by atoms with E-state index in [4.69, 9.17) is 14.2 Å². The number of likely N-dealkylation sites (tertiary alicyclic amines) is 1. The Kier molecular flexibility index (Phi) is 4.61. The molecular formula is C22H24N2O5. The molecule has 7 heteroatoms. The van der Waals surface area contributed by atoms with Gasteiger partial charge in [0.25, 0.3) is 5.91 Å². The number of methoxy groups -OCH3 is 3. The zero-order valence-electron chi connectivity index (χ0n) is 17.0. The van der Waals surface area contributed by atoms with E-state index in [0.29, 0.717) is 42.3 Å². The van der Waals surface area contributed by atoms with Gasteiger partial charge in [-0.05, 0) is 42.3 Å². The van der Waals surface area contributed by atoms with Crippen LogP contribution in [0.15, 0.2) is 36.4 Å². The highest BCUT2D eigenvalue weighted by Gasteiger charge is 2.54. The van der Waals surface area contributed by atoms with Crippen molar-refractivity contribution in [3.05, 3.63) is 47.5 Å². The first-order valence-electron chi connectivity index (χ1n) is 9.44. The number of fused-ring (bicyclic) bond motifs is 2. The van der Waals surface area contributed by atoms with E-state index in [9.17, 15) is 9.59 Å². The first-order valence-corrected chi connectivity index (χ1v) is 9.44. The molecule has 4 rings (SSSR count). The molecule has 0 saturated carbocycles. The highest BCUT2D eigenvalue weighted by molar-refractivity contribution is 6.09. The summed E-state index contributed by atoms with van der Waals surface area (Å²) in [7, 11) is 6.43. The van der Waals surface area contributed by atoms with Gasteiger partial charge < -0.3 is 24.0 Å². The molecule has 2 aliphatic rings. The van der Waals surface area contributed by atoms with Gasteiger partial charge in [-0.3, -0.25) is 9.59 Å². The fourth-order valence-corrected chi connectivity index (χ4v) is 4.47. The van der Waals surface area contributed by atoms with Crippen molar-refractivity contribution >= 4 is 17.5 Å². The molecule has 2 aromatic carbocycles. The van der Waals surface area contributed by atoms with Gasteiger partial charge in [-0.2, -0.15) is 0 Å². The predicted octanol–water partition coefficient (Wildman–Crippen LogP) is 2.47. The molecule has 7 nitrogen and oxygen atoms in total. The third-order valence-corrected chi connectivity index (χ3v) is 5.98. The van der Waals surface area contributed by atoms with Crippen LogP contribution in [-0.2, 0) is 10.2 Å². The summed E-state index contributed by atoms with van der Waals surface area (Å²) in [6.07, 6.45) is 0.564. The smallest absolute Gasteiger partial charge is 0.257 e. The van der Waals surface area contributed by atoms with E-state index in [1.165, 1.54) is 14.2 Å². The van der Waals surface area contributed by atoms with E-state index in [0.717, 1.165) is 11.3 Å². The Hall–Kier alpha value is -3.22. The SMILES string of the molecule is COc1ccc2c(c1)[C@@]1(CCN(C(=O)c3cccc(OC)c3OC)C1)C(=O)N2C. The number of likely N-dealkylation sites (N-methyl/N-ethyl adjacent to an activating group) is 1. The van der Waals surface area contributed by atoms with Crippen molar-refractivity contribution in [2.24, 2.45) is 0 Å². The van der Waals surface area contributed by atoms with Gasteiger partial charge in [-0.25, -0.2) is 0 Å². The van der Waals surface area contributed by atoms with Crippen LogP contribution in [0.5, 0.6) is 17.2 Å². The lowest BCUT2D eigenvalue weighted by Gasteiger charge is -2.24. The first kappa shape index (κ1) is 19.1. The van der Waals surface area contributed by atoms with Crippen LogP contribution in [0.3, 0.4) is 0 Å². The lowest BCUT2D eigenvalue weighted by molar-refractivity contribution is -0.122. The summed E-state index contributed by atoms with van der Waals surface area (Å²) in [6.45, 7) is 0.797. The van der Waals surface area contributed by atoms with Crippen LogP contribution in [0.25, 0.3) is 0 Å². The van der Waals surface area contributed by atoms with Crippen LogP contribution in [0.1, 0.15) is 22.3 Å². The molecule has 0 unspecified atom stereocenters. The molecule has 1 saturated heterocycles. The van der Waals surface area contributed by atoms with Crippen molar-refractivity contribution in [1.29, 1.82) is 0 Å². The average molecular weight is 396 g/mol. The number of hydrogen-bond acceptors (Lipinski definition) is 5. The highest BCUT2D eigenvalue weighted by atomic mass is 16.5. The second-order valence-corrected chi connectivity index (χ2v) is 7.35. The fourth-order valence-electron chi connectivity index (χ4n) is 4.47. The number of hydrogen-bond donors (Lipinski definition) is 0. The number of carbonyl (C=O) groups is 2. The number of rotatable bonds is 4.